The third-order valence-electron chi connectivity index (χ3n) is 2.75. The van der Waals surface area contributed by atoms with Crippen LogP contribution in [-0.4, -0.2) is 25.3 Å². The van der Waals surface area contributed by atoms with Gasteiger partial charge < -0.3 is 14.6 Å². The molecule has 2 aromatic rings. The Morgan fingerprint density at radius 2 is 2.05 bits per heavy atom. The number of aliphatic carboxylic acids is 1. The van der Waals surface area contributed by atoms with Crippen LogP contribution in [0.3, 0.4) is 0 Å². The van der Waals surface area contributed by atoms with Crippen molar-refractivity contribution in [1.29, 1.82) is 0 Å². The Labute approximate surface area is 120 Å². The molecule has 0 aliphatic rings. The highest BCUT2D eigenvalue weighted by molar-refractivity contribution is 7.11. The van der Waals surface area contributed by atoms with Gasteiger partial charge in [0.25, 0.3) is 0 Å². The van der Waals surface area contributed by atoms with E-state index in [0.29, 0.717) is 21.9 Å². The first kappa shape index (κ1) is 14.1. The van der Waals surface area contributed by atoms with Gasteiger partial charge in [-0.2, -0.15) is 0 Å². The van der Waals surface area contributed by atoms with Crippen molar-refractivity contribution >= 4 is 29.0 Å². The quantitative estimate of drug-likeness (QED) is 0.858. The standard InChI is InChI=1S/C15H14O4S/c1-18-11-5-6-13(19-2)10(8-11)9-12(15(16)17)14-4-3-7-20-14/h3-9H,1-2H3,(H,16,17)/b12-9-. The maximum atomic E-state index is 11.4. The first-order valence-electron chi connectivity index (χ1n) is 5.86. The maximum absolute atomic E-state index is 11.4. The molecule has 5 heteroatoms. The molecule has 0 fully saturated rings. The fourth-order valence-electron chi connectivity index (χ4n) is 1.78. The zero-order valence-corrected chi connectivity index (χ0v) is 11.9. The van der Waals surface area contributed by atoms with Crippen molar-refractivity contribution in [3.8, 4) is 11.5 Å². The lowest BCUT2D eigenvalue weighted by Gasteiger charge is -2.08. The van der Waals surface area contributed by atoms with Crippen LogP contribution in [0.5, 0.6) is 11.5 Å². The Bertz CT molecular complexity index is 629. The molecule has 0 saturated carbocycles. The Hall–Kier alpha value is -2.27. The molecule has 0 saturated heterocycles. The van der Waals surface area contributed by atoms with Gasteiger partial charge in [0.2, 0.25) is 0 Å². The summed E-state index contributed by atoms with van der Waals surface area (Å²) in [5, 5.41) is 11.2. The second-order valence-corrected chi connectivity index (χ2v) is 4.90. The monoisotopic (exact) mass is 290 g/mol. The molecule has 1 aromatic carbocycles. The van der Waals surface area contributed by atoms with E-state index in [1.165, 1.54) is 11.3 Å². The van der Waals surface area contributed by atoms with Gasteiger partial charge in [0.1, 0.15) is 11.5 Å². The highest BCUT2D eigenvalue weighted by atomic mass is 32.1. The van der Waals surface area contributed by atoms with E-state index in [0.717, 1.165) is 0 Å². The number of benzene rings is 1. The van der Waals surface area contributed by atoms with Crippen LogP contribution in [0.4, 0.5) is 0 Å². The van der Waals surface area contributed by atoms with Gasteiger partial charge in [-0.1, -0.05) is 6.07 Å². The molecule has 20 heavy (non-hydrogen) atoms. The lowest BCUT2D eigenvalue weighted by molar-refractivity contribution is -0.130. The molecule has 0 atom stereocenters. The molecule has 1 aromatic heterocycles. The van der Waals surface area contributed by atoms with Crippen molar-refractivity contribution in [2.45, 2.75) is 0 Å². The third-order valence-corrected chi connectivity index (χ3v) is 3.66. The normalized spacial score (nSPS) is 11.2. The average Bonchev–Trinajstić information content (AvgIpc) is 2.97. The average molecular weight is 290 g/mol. The minimum absolute atomic E-state index is 0.228. The van der Waals surface area contributed by atoms with E-state index in [1.54, 1.807) is 44.6 Å². The van der Waals surface area contributed by atoms with Gasteiger partial charge in [0, 0.05) is 10.4 Å². The van der Waals surface area contributed by atoms with E-state index in [4.69, 9.17) is 9.47 Å². The number of hydrogen-bond donors (Lipinski definition) is 1. The largest absolute Gasteiger partial charge is 0.497 e. The molecule has 104 valence electrons. The Kier molecular flexibility index (Phi) is 4.42. The molecule has 0 unspecified atom stereocenters. The van der Waals surface area contributed by atoms with Crippen LogP contribution in [0.25, 0.3) is 11.6 Å². The maximum Gasteiger partial charge on any atom is 0.337 e. The molecule has 0 amide bonds. The van der Waals surface area contributed by atoms with Crippen LogP contribution >= 0.6 is 11.3 Å². The number of hydrogen-bond acceptors (Lipinski definition) is 4. The first-order valence-corrected chi connectivity index (χ1v) is 6.74. The summed E-state index contributed by atoms with van der Waals surface area (Å²) in [7, 11) is 3.11. The van der Waals surface area contributed by atoms with Gasteiger partial charge in [-0.15, -0.1) is 11.3 Å². The number of rotatable bonds is 5. The summed E-state index contributed by atoms with van der Waals surface area (Å²) < 4.78 is 10.4. The molecule has 0 aliphatic carbocycles. The van der Waals surface area contributed by atoms with Gasteiger partial charge in [-0.05, 0) is 35.7 Å². The predicted molar refractivity (Wildman–Crippen MR) is 79.4 cm³/mol. The number of carboxylic acids is 1. The Morgan fingerprint density at radius 1 is 1.25 bits per heavy atom. The van der Waals surface area contributed by atoms with Crippen LogP contribution in [0.15, 0.2) is 35.7 Å². The topological polar surface area (TPSA) is 55.8 Å². The van der Waals surface area contributed by atoms with Crippen molar-refractivity contribution in [3.63, 3.8) is 0 Å². The lowest BCUT2D eigenvalue weighted by atomic mass is 10.1. The fourth-order valence-corrected chi connectivity index (χ4v) is 2.51. The summed E-state index contributed by atoms with van der Waals surface area (Å²) in [4.78, 5) is 12.1. The molecular formula is C15H14O4S. The third kappa shape index (κ3) is 3.00. The number of methoxy groups -OCH3 is 2. The zero-order valence-electron chi connectivity index (χ0n) is 11.1. The van der Waals surface area contributed by atoms with E-state index in [9.17, 15) is 9.90 Å². The van der Waals surface area contributed by atoms with Crippen molar-refractivity contribution in [2.24, 2.45) is 0 Å². The second-order valence-electron chi connectivity index (χ2n) is 3.95. The minimum atomic E-state index is -0.975. The molecule has 0 spiro atoms. The van der Waals surface area contributed by atoms with Crippen LogP contribution in [0, 0.1) is 0 Å². The van der Waals surface area contributed by atoms with Crippen molar-refractivity contribution < 1.29 is 19.4 Å². The van der Waals surface area contributed by atoms with Gasteiger partial charge >= 0.3 is 5.97 Å². The summed E-state index contributed by atoms with van der Waals surface area (Å²) in [5.74, 6) is 0.270. The van der Waals surface area contributed by atoms with Gasteiger partial charge in [0.15, 0.2) is 0 Å². The van der Waals surface area contributed by atoms with Crippen molar-refractivity contribution in [2.75, 3.05) is 14.2 Å². The van der Waals surface area contributed by atoms with E-state index in [-0.39, 0.29) is 5.57 Å². The molecular weight excluding hydrogens is 276 g/mol. The fraction of sp³-hybridized carbons (Fsp3) is 0.133. The summed E-state index contributed by atoms with van der Waals surface area (Å²) >= 11 is 1.38. The SMILES string of the molecule is COc1ccc(OC)c(/C=C(\C(=O)O)c2cccs2)c1. The zero-order chi connectivity index (χ0) is 14.5. The molecule has 0 bridgehead atoms. The van der Waals surface area contributed by atoms with Gasteiger partial charge in [-0.3, -0.25) is 0 Å². The van der Waals surface area contributed by atoms with Gasteiger partial charge in [-0.25, -0.2) is 4.79 Å². The van der Waals surface area contributed by atoms with Crippen molar-refractivity contribution in [3.05, 3.63) is 46.2 Å². The van der Waals surface area contributed by atoms with E-state index >= 15 is 0 Å². The van der Waals surface area contributed by atoms with Crippen LogP contribution in [0.2, 0.25) is 0 Å². The van der Waals surface area contributed by atoms with Crippen LogP contribution in [0.1, 0.15) is 10.4 Å². The molecule has 4 nitrogen and oxygen atoms in total. The van der Waals surface area contributed by atoms with Gasteiger partial charge in [0.05, 0.1) is 19.8 Å². The molecule has 1 N–H and O–H groups in total. The summed E-state index contributed by atoms with van der Waals surface area (Å²) in [6.45, 7) is 0. The Balaban J connectivity index is 2.53. The van der Waals surface area contributed by atoms with E-state index in [2.05, 4.69) is 0 Å². The number of carbonyl (C=O) groups is 1. The van der Waals surface area contributed by atoms with Crippen LogP contribution in [-0.2, 0) is 4.79 Å². The second kappa shape index (κ2) is 6.25. The van der Waals surface area contributed by atoms with E-state index in [1.807, 2.05) is 11.4 Å². The summed E-state index contributed by atoms with van der Waals surface area (Å²) in [6.07, 6.45) is 1.59. The molecule has 2 rings (SSSR count). The smallest absolute Gasteiger partial charge is 0.337 e. The molecule has 1 heterocycles. The highest BCUT2D eigenvalue weighted by Gasteiger charge is 2.13. The summed E-state index contributed by atoms with van der Waals surface area (Å²) in [6, 6.07) is 8.85. The number of carboxylic acid groups (broad SMARTS) is 1. The molecule has 0 aliphatic heterocycles. The van der Waals surface area contributed by atoms with Crippen molar-refractivity contribution in [1.82, 2.24) is 0 Å². The minimum Gasteiger partial charge on any atom is -0.497 e. The Morgan fingerprint density at radius 3 is 2.60 bits per heavy atom. The predicted octanol–water partition coefficient (Wildman–Crippen LogP) is 3.39. The van der Waals surface area contributed by atoms with E-state index < -0.39 is 5.97 Å². The highest BCUT2D eigenvalue weighted by Crippen LogP contribution is 2.29. The summed E-state index contributed by atoms with van der Waals surface area (Å²) in [5.41, 5.74) is 0.893. The number of ether oxygens (including phenoxy) is 2. The first-order chi connectivity index (χ1) is 9.65. The number of thiophene rings is 1. The molecule has 0 radical (unpaired) electrons. The van der Waals surface area contributed by atoms with Crippen LogP contribution < -0.4 is 9.47 Å². The lowest BCUT2D eigenvalue weighted by Crippen LogP contribution is -1.98.